The van der Waals surface area contributed by atoms with E-state index in [0.29, 0.717) is 6.08 Å². The molecule has 1 aromatic carbocycles. The maximum atomic E-state index is 13.4. The van der Waals surface area contributed by atoms with Crippen LogP contribution in [0.4, 0.5) is 17.6 Å². The molecule has 0 radical (unpaired) electrons. The molecule has 1 aliphatic rings. The summed E-state index contributed by atoms with van der Waals surface area (Å²) in [5.41, 5.74) is -1.41. The topological polar surface area (TPSA) is 65.5 Å². The molecule has 1 atom stereocenters. The lowest BCUT2D eigenvalue weighted by Gasteiger charge is -2.33. The molecule has 9 heteroatoms. The predicted octanol–water partition coefficient (Wildman–Crippen LogP) is 2.47. The summed E-state index contributed by atoms with van der Waals surface area (Å²) in [7, 11) is 0. The second-order valence-corrected chi connectivity index (χ2v) is 5.28. The lowest BCUT2D eigenvalue weighted by atomic mass is 10.1. The fourth-order valence-electron chi connectivity index (χ4n) is 2.32. The Morgan fingerprint density at radius 1 is 1.12 bits per heavy atom. The minimum Gasteiger partial charge on any atom is -0.359 e. The molecule has 0 unspecified atom stereocenters. The largest absolute Gasteiger partial charge is 0.442 e. The number of alkyl halides is 3. The quantitative estimate of drug-likeness (QED) is 0.814. The third-order valence-electron chi connectivity index (χ3n) is 3.62. The third kappa shape index (κ3) is 2.93. The van der Waals surface area contributed by atoms with Gasteiger partial charge in [0.05, 0.1) is 5.70 Å². The van der Waals surface area contributed by atoms with E-state index in [1.165, 1.54) is 36.7 Å². The van der Waals surface area contributed by atoms with Gasteiger partial charge in [0.25, 0.3) is 11.6 Å². The fourth-order valence-corrected chi connectivity index (χ4v) is 2.32. The van der Waals surface area contributed by atoms with Crippen LogP contribution in [0.25, 0.3) is 5.70 Å². The molecule has 0 saturated carbocycles. The lowest BCUT2D eigenvalue weighted by molar-refractivity contribution is -0.283. The fraction of sp³-hybridized carbons (Fsp3) is 0.125. The van der Waals surface area contributed by atoms with Gasteiger partial charge in [-0.15, -0.1) is 0 Å². The molecule has 0 spiro atoms. The summed E-state index contributed by atoms with van der Waals surface area (Å²) in [6, 6.07) is 7.00. The van der Waals surface area contributed by atoms with Gasteiger partial charge in [-0.05, 0) is 42.0 Å². The van der Waals surface area contributed by atoms with Gasteiger partial charge in [0.1, 0.15) is 5.82 Å². The molecule has 1 aliphatic heterocycles. The molecule has 2 aromatic rings. The van der Waals surface area contributed by atoms with Crippen molar-refractivity contribution in [2.24, 2.45) is 0 Å². The second kappa shape index (κ2) is 5.85. The van der Waals surface area contributed by atoms with Crippen molar-refractivity contribution in [1.29, 1.82) is 0 Å². The van der Waals surface area contributed by atoms with Crippen LogP contribution in [0.3, 0.4) is 0 Å². The zero-order valence-electron chi connectivity index (χ0n) is 12.5. The summed E-state index contributed by atoms with van der Waals surface area (Å²) < 4.78 is 53.3. The van der Waals surface area contributed by atoms with E-state index in [1.807, 2.05) is 0 Å². The van der Waals surface area contributed by atoms with Crippen LogP contribution in [-0.2, 0) is 0 Å². The summed E-state index contributed by atoms with van der Waals surface area (Å²) in [5, 5.41) is 10.2. The molecule has 2 N–H and O–H groups in total. The highest BCUT2D eigenvalue weighted by Gasteiger charge is 2.61. The predicted molar refractivity (Wildman–Crippen MR) is 78.9 cm³/mol. The number of amides is 1. The average molecular weight is 353 g/mol. The number of rotatable bonds is 2. The van der Waals surface area contributed by atoms with E-state index in [4.69, 9.17) is 0 Å². The highest BCUT2D eigenvalue weighted by Crippen LogP contribution is 2.40. The molecule has 3 rings (SSSR count). The van der Waals surface area contributed by atoms with E-state index in [1.54, 1.807) is 0 Å². The maximum absolute atomic E-state index is 13.4. The van der Waals surface area contributed by atoms with Gasteiger partial charge in [-0.3, -0.25) is 15.2 Å². The molecule has 0 aliphatic carbocycles. The van der Waals surface area contributed by atoms with Crippen LogP contribution in [0.1, 0.15) is 15.9 Å². The molecule has 0 bridgehead atoms. The number of nitrogens with one attached hydrogen (secondary N) is 1. The molecule has 130 valence electrons. The third-order valence-corrected chi connectivity index (χ3v) is 3.62. The molecule has 1 aromatic heterocycles. The van der Waals surface area contributed by atoms with E-state index in [0.717, 1.165) is 12.1 Å². The standard InChI is InChI=1S/C16H11F4N3O2/c17-12-3-1-10(2-4-12)13-9-15(25,16(18,19)20)23(22-13)14(24)11-5-7-21-8-6-11/h1-9,22,25H/t15-/m0/s1. The normalized spacial score (nSPS) is 20.2. The minimum atomic E-state index is -5.16. The first kappa shape index (κ1) is 16.9. The highest BCUT2D eigenvalue weighted by molar-refractivity contribution is 5.96. The Hall–Kier alpha value is -2.94. The lowest BCUT2D eigenvalue weighted by Crippen LogP contribution is -2.60. The first-order valence-corrected chi connectivity index (χ1v) is 7.01. The van der Waals surface area contributed by atoms with Gasteiger partial charge in [-0.1, -0.05) is 0 Å². The Kier molecular flexibility index (Phi) is 3.96. The van der Waals surface area contributed by atoms with Crippen molar-refractivity contribution in [2.75, 3.05) is 0 Å². The summed E-state index contributed by atoms with van der Waals surface area (Å²) in [6.45, 7) is 0. The second-order valence-electron chi connectivity index (χ2n) is 5.28. The van der Waals surface area contributed by atoms with Crippen LogP contribution in [0.2, 0.25) is 0 Å². The molecule has 0 saturated heterocycles. The first-order valence-electron chi connectivity index (χ1n) is 7.01. The molecule has 5 nitrogen and oxygen atoms in total. The van der Waals surface area contributed by atoms with Gasteiger partial charge in [0, 0.05) is 24.0 Å². The number of pyridine rings is 1. The number of carbonyl (C=O) groups is 1. The Balaban J connectivity index is 2.02. The van der Waals surface area contributed by atoms with E-state index in [-0.39, 0.29) is 21.8 Å². The van der Waals surface area contributed by atoms with Gasteiger partial charge < -0.3 is 5.11 Å². The molecule has 0 fully saturated rings. The van der Waals surface area contributed by atoms with E-state index in [9.17, 15) is 27.5 Å². The zero-order chi connectivity index (χ0) is 18.2. The number of halogens is 4. The van der Waals surface area contributed by atoms with Crippen molar-refractivity contribution < 1.29 is 27.5 Å². The monoisotopic (exact) mass is 353 g/mol. The molecule has 1 amide bonds. The van der Waals surface area contributed by atoms with E-state index >= 15 is 0 Å². The SMILES string of the molecule is O=C(c1ccncc1)N1NC(c2ccc(F)cc2)=C[C@]1(O)C(F)(F)F. The summed E-state index contributed by atoms with van der Waals surface area (Å²) in [4.78, 5) is 16.1. The van der Waals surface area contributed by atoms with Crippen molar-refractivity contribution in [2.45, 2.75) is 11.9 Å². The van der Waals surface area contributed by atoms with Crippen LogP contribution in [-0.4, -0.2) is 32.9 Å². The highest BCUT2D eigenvalue weighted by atomic mass is 19.4. The zero-order valence-corrected chi connectivity index (χ0v) is 12.5. The Morgan fingerprint density at radius 3 is 2.28 bits per heavy atom. The number of hydrogen-bond acceptors (Lipinski definition) is 4. The van der Waals surface area contributed by atoms with Crippen molar-refractivity contribution in [3.05, 3.63) is 71.8 Å². The van der Waals surface area contributed by atoms with E-state index in [2.05, 4.69) is 10.4 Å². The number of hydrazine groups is 1. The first-order chi connectivity index (χ1) is 11.7. The van der Waals surface area contributed by atoms with Crippen molar-refractivity contribution in [3.63, 3.8) is 0 Å². The van der Waals surface area contributed by atoms with Crippen LogP contribution >= 0.6 is 0 Å². The van der Waals surface area contributed by atoms with Crippen LogP contribution in [0.15, 0.2) is 54.9 Å². The Bertz CT molecular complexity index is 822. The van der Waals surface area contributed by atoms with Gasteiger partial charge >= 0.3 is 6.18 Å². The number of aliphatic hydroxyl groups is 1. The number of aromatic nitrogens is 1. The van der Waals surface area contributed by atoms with Gasteiger partial charge in [0.15, 0.2) is 0 Å². The Labute approximate surface area is 139 Å². The van der Waals surface area contributed by atoms with Gasteiger partial charge in [0.2, 0.25) is 0 Å². The maximum Gasteiger partial charge on any atom is 0.442 e. The number of benzene rings is 1. The van der Waals surface area contributed by atoms with Crippen molar-refractivity contribution in [1.82, 2.24) is 15.4 Å². The van der Waals surface area contributed by atoms with E-state index < -0.39 is 23.6 Å². The molecular weight excluding hydrogens is 342 g/mol. The summed E-state index contributed by atoms with van der Waals surface area (Å²) in [6.07, 6.45) is -2.21. The van der Waals surface area contributed by atoms with Crippen molar-refractivity contribution in [3.8, 4) is 0 Å². The number of nitrogens with zero attached hydrogens (tertiary/aromatic N) is 2. The Morgan fingerprint density at radius 2 is 1.72 bits per heavy atom. The van der Waals surface area contributed by atoms with Crippen LogP contribution in [0.5, 0.6) is 0 Å². The average Bonchev–Trinajstić information content (AvgIpc) is 2.94. The molecule has 2 heterocycles. The van der Waals surface area contributed by atoms with Crippen LogP contribution < -0.4 is 5.43 Å². The summed E-state index contributed by atoms with van der Waals surface area (Å²) in [5.74, 6) is -1.67. The molecule has 25 heavy (non-hydrogen) atoms. The van der Waals surface area contributed by atoms with Gasteiger partial charge in [-0.2, -0.15) is 13.2 Å². The van der Waals surface area contributed by atoms with Gasteiger partial charge in [-0.25, -0.2) is 9.40 Å². The van der Waals surface area contributed by atoms with Crippen molar-refractivity contribution >= 4 is 11.6 Å². The summed E-state index contributed by atoms with van der Waals surface area (Å²) >= 11 is 0. The number of carbonyl (C=O) groups excluding carboxylic acids is 1. The number of hydrogen-bond donors (Lipinski definition) is 2. The minimum absolute atomic E-state index is 0.0843. The van der Waals surface area contributed by atoms with Crippen LogP contribution in [0, 0.1) is 5.82 Å². The molecular formula is C16H11F4N3O2. The smallest absolute Gasteiger partial charge is 0.359 e.